The number of esters is 1. The van der Waals surface area contributed by atoms with Gasteiger partial charge in [-0.15, -0.1) is 0 Å². The van der Waals surface area contributed by atoms with Crippen LogP contribution < -0.4 is 25.6 Å². The van der Waals surface area contributed by atoms with Crippen LogP contribution in [0.4, 0.5) is 5.69 Å². The van der Waals surface area contributed by atoms with Crippen molar-refractivity contribution in [1.82, 2.24) is 5.32 Å². The van der Waals surface area contributed by atoms with Crippen LogP contribution in [0.2, 0.25) is 5.02 Å². The van der Waals surface area contributed by atoms with Crippen LogP contribution in [0.25, 0.3) is 0 Å². The Morgan fingerprint density at radius 3 is 2.52 bits per heavy atom. The van der Waals surface area contributed by atoms with E-state index < -0.39 is 23.3 Å². The molecule has 8 nitrogen and oxygen atoms in total. The Balaban J connectivity index is 1.53. The van der Waals surface area contributed by atoms with Crippen LogP contribution in [0.15, 0.2) is 77.9 Å². The van der Waals surface area contributed by atoms with E-state index in [9.17, 15) is 14.4 Å². The van der Waals surface area contributed by atoms with Gasteiger partial charge in [-0.3, -0.25) is 9.59 Å². The van der Waals surface area contributed by atoms with Gasteiger partial charge in [0.2, 0.25) is 11.8 Å². The number of hydrogen-bond donors (Lipinski definition) is 2. The van der Waals surface area contributed by atoms with Gasteiger partial charge < -0.3 is 24.8 Å². The zero-order valence-corrected chi connectivity index (χ0v) is 25.8. The lowest BCUT2D eigenvalue weighted by atomic mass is 9.56. The van der Waals surface area contributed by atoms with Crippen molar-refractivity contribution in [2.24, 2.45) is 11.8 Å². The zero-order valence-electron chi connectivity index (χ0n) is 24.3. The largest absolute Gasteiger partial charge is 0.493 e. The van der Waals surface area contributed by atoms with Gasteiger partial charge in [0.15, 0.2) is 11.5 Å². The number of ether oxygens (including phenoxy) is 3. The minimum Gasteiger partial charge on any atom is -0.493 e. The Bertz CT molecular complexity index is 1760. The molecule has 1 unspecified atom stereocenters. The fraction of sp³-hybridized carbons (Fsp3) is 0.242. The highest BCUT2D eigenvalue weighted by molar-refractivity contribution is 6.32. The van der Waals surface area contributed by atoms with Crippen LogP contribution in [0.5, 0.6) is 17.2 Å². The van der Waals surface area contributed by atoms with Crippen molar-refractivity contribution in [3.63, 3.8) is 0 Å². The Morgan fingerprint density at radius 1 is 0.977 bits per heavy atom. The minimum absolute atomic E-state index is 0.121. The normalized spacial score (nSPS) is 23.8. The Kier molecular flexibility index (Phi) is 7.94. The second-order valence-electron chi connectivity index (χ2n) is 11.2. The van der Waals surface area contributed by atoms with Crippen molar-refractivity contribution in [2.75, 3.05) is 19.5 Å². The van der Waals surface area contributed by atoms with E-state index in [1.807, 2.05) is 44.3 Å². The number of amides is 2. The number of carbonyl (C=O) groups excluding carboxylic acids is 3. The summed E-state index contributed by atoms with van der Waals surface area (Å²) in [6.45, 7) is 0. The summed E-state index contributed by atoms with van der Waals surface area (Å²) >= 11 is 12.9. The van der Waals surface area contributed by atoms with Gasteiger partial charge in [0.1, 0.15) is 19.0 Å². The smallest absolute Gasteiger partial charge is 0.337 e. The molecule has 2 aliphatic heterocycles. The third-order valence-corrected chi connectivity index (χ3v) is 9.18. The monoisotopic (exact) mass is 630 g/mol. The number of piperidine rings is 1. The molecule has 3 aromatic carbocycles. The lowest BCUT2D eigenvalue weighted by Gasteiger charge is -2.49. The number of methoxy groups -OCH3 is 2. The SMILES string of the molecule is Bc1ccc(Oc2ccc(C(=O)OC)cc2OC)c([C@H]2NC(=O)C[C@@H](C3C=CC=C(Cl)C3)[C@]23C(=O)Nc2cc(Cl)ccc23)c1. The average Bonchev–Trinajstić information content (AvgIpc) is 3.29. The Morgan fingerprint density at radius 2 is 1.77 bits per heavy atom. The molecule has 3 aliphatic rings. The quantitative estimate of drug-likeness (QED) is 0.295. The van der Waals surface area contributed by atoms with Gasteiger partial charge in [-0.05, 0) is 66.3 Å². The van der Waals surface area contributed by atoms with Gasteiger partial charge >= 0.3 is 5.97 Å². The predicted molar refractivity (Wildman–Crippen MR) is 171 cm³/mol. The highest BCUT2D eigenvalue weighted by Gasteiger charge is 2.62. The van der Waals surface area contributed by atoms with Crippen LogP contribution in [-0.2, 0) is 19.7 Å². The van der Waals surface area contributed by atoms with Gasteiger partial charge in [-0.1, -0.05) is 59.0 Å². The van der Waals surface area contributed by atoms with E-state index in [-0.39, 0.29) is 24.2 Å². The topological polar surface area (TPSA) is 103 Å². The number of allylic oxidation sites excluding steroid dienone is 4. The molecule has 3 aromatic rings. The number of halogens is 2. The summed E-state index contributed by atoms with van der Waals surface area (Å²) in [7, 11) is 4.71. The van der Waals surface area contributed by atoms with Crippen molar-refractivity contribution in [3.8, 4) is 17.2 Å². The summed E-state index contributed by atoms with van der Waals surface area (Å²) < 4.78 is 16.9. The number of rotatable bonds is 6. The molecule has 6 rings (SSSR count). The molecule has 44 heavy (non-hydrogen) atoms. The molecular weight excluding hydrogens is 602 g/mol. The van der Waals surface area contributed by atoms with Gasteiger partial charge in [0.25, 0.3) is 0 Å². The Labute approximate surface area is 265 Å². The summed E-state index contributed by atoms with van der Waals surface area (Å²) in [6.07, 6.45) is 6.36. The summed E-state index contributed by atoms with van der Waals surface area (Å²) in [6, 6.07) is 14.9. The molecule has 2 amide bonds. The molecule has 11 heteroatoms. The van der Waals surface area contributed by atoms with Gasteiger partial charge in [0, 0.05) is 27.7 Å². The first-order valence-electron chi connectivity index (χ1n) is 14.1. The fourth-order valence-corrected chi connectivity index (χ4v) is 7.17. The highest BCUT2D eigenvalue weighted by Crippen LogP contribution is 2.58. The van der Waals surface area contributed by atoms with Crippen molar-refractivity contribution in [2.45, 2.75) is 24.3 Å². The number of fused-ring (bicyclic) bond motifs is 2. The Hall–Kier alpha value is -4.21. The van der Waals surface area contributed by atoms with E-state index in [1.54, 1.807) is 30.3 Å². The number of hydrogen-bond acceptors (Lipinski definition) is 6. The van der Waals surface area contributed by atoms with Crippen LogP contribution in [0.3, 0.4) is 0 Å². The van der Waals surface area contributed by atoms with Crippen LogP contribution >= 0.6 is 23.2 Å². The molecule has 2 heterocycles. The number of nitrogens with one attached hydrogen (secondary N) is 2. The first-order valence-corrected chi connectivity index (χ1v) is 14.9. The molecule has 1 spiro atoms. The first-order chi connectivity index (χ1) is 21.1. The van der Waals surface area contributed by atoms with Gasteiger partial charge in [-0.25, -0.2) is 4.79 Å². The van der Waals surface area contributed by atoms with Gasteiger partial charge in [-0.2, -0.15) is 0 Å². The molecule has 2 N–H and O–H groups in total. The van der Waals surface area contributed by atoms with Crippen LogP contribution in [0, 0.1) is 11.8 Å². The van der Waals surface area contributed by atoms with Crippen molar-refractivity contribution in [1.29, 1.82) is 0 Å². The molecule has 1 aliphatic carbocycles. The van der Waals surface area contributed by atoms with Crippen molar-refractivity contribution < 1.29 is 28.6 Å². The number of anilines is 1. The summed E-state index contributed by atoms with van der Waals surface area (Å²) in [5.74, 6) is -0.499. The molecule has 0 aromatic heterocycles. The maximum Gasteiger partial charge on any atom is 0.337 e. The molecule has 224 valence electrons. The summed E-state index contributed by atoms with van der Waals surface area (Å²) in [5, 5.41) is 7.38. The van der Waals surface area contributed by atoms with E-state index >= 15 is 0 Å². The highest BCUT2D eigenvalue weighted by atomic mass is 35.5. The molecular formula is C33H29BCl2N2O6. The average molecular weight is 631 g/mol. The van der Waals surface area contributed by atoms with Crippen LogP contribution in [-0.4, -0.2) is 39.8 Å². The molecule has 0 bridgehead atoms. The molecule has 0 radical (unpaired) electrons. The fourth-order valence-electron chi connectivity index (χ4n) is 6.75. The van der Waals surface area contributed by atoms with Crippen molar-refractivity contribution in [3.05, 3.63) is 99.6 Å². The van der Waals surface area contributed by atoms with Crippen molar-refractivity contribution >= 4 is 60.0 Å². The molecule has 1 fully saturated rings. The summed E-state index contributed by atoms with van der Waals surface area (Å²) in [5.41, 5.74) is 1.95. The summed E-state index contributed by atoms with van der Waals surface area (Å²) in [4.78, 5) is 40.1. The van der Waals surface area contributed by atoms with E-state index in [4.69, 9.17) is 37.4 Å². The standard InChI is InChI=1S/C33H29BCl2N2O6/c1-42-28-13-18(31(40)43-2)6-10-27(28)44-26-11-7-19(34)14-22(26)30-33(23-9-8-21(36)15-25(23)37-32(33)41)24(16-29(39)38-30)17-4-3-5-20(35)12-17/h3-11,13-15,17,24,30H,12,16,34H2,1-2H3,(H,37,41)(H,38,39)/t17?,24-,30+,33-/m0/s1. The maximum atomic E-state index is 14.4. The van der Waals surface area contributed by atoms with E-state index in [0.29, 0.717) is 50.5 Å². The van der Waals surface area contributed by atoms with E-state index in [2.05, 4.69) is 10.6 Å². The number of benzene rings is 3. The first kappa shape index (κ1) is 29.8. The predicted octanol–water partition coefficient (Wildman–Crippen LogP) is 4.95. The zero-order chi connectivity index (χ0) is 31.2. The third-order valence-electron chi connectivity index (χ3n) is 8.67. The lowest BCUT2D eigenvalue weighted by molar-refractivity contribution is -0.135. The second-order valence-corrected chi connectivity index (χ2v) is 12.1. The molecule has 1 saturated heterocycles. The number of carbonyl (C=O) groups is 3. The third kappa shape index (κ3) is 5.04. The van der Waals surface area contributed by atoms with E-state index in [0.717, 1.165) is 11.0 Å². The molecule has 4 atom stereocenters. The second kappa shape index (κ2) is 11.7. The van der Waals surface area contributed by atoms with Gasteiger partial charge in [0.05, 0.1) is 25.8 Å². The minimum atomic E-state index is -1.22. The molecule has 0 saturated carbocycles. The van der Waals surface area contributed by atoms with Crippen LogP contribution in [0.1, 0.15) is 40.4 Å². The maximum absolute atomic E-state index is 14.4. The lowest BCUT2D eigenvalue weighted by Crippen LogP contribution is -2.59. The van der Waals surface area contributed by atoms with E-state index in [1.165, 1.54) is 20.3 Å².